The number of thioether (sulfide) groups is 1. The number of hydrogen-bond donors (Lipinski definition) is 1. The lowest BCUT2D eigenvalue weighted by Crippen LogP contribution is -3.00. The van der Waals surface area contributed by atoms with Crippen LogP contribution in [0.4, 0.5) is 0 Å². The number of quaternary nitrogens is 1. The fraction of sp³-hybridized carbons (Fsp3) is 0.308. The van der Waals surface area contributed by atoms with Gasteiger partial charge in [0.25, 0.3) is 0 Å². The minimum absolute atomic E-state index is 0. The molecule has 0 saturated carbocycles. The molecule has 1 aromatic carbocycles. The van der Waals surface area contributed by atoms with Crippen molar-refractivity contribution in [3.8, 4) is 11.8 Å². The van der Waals surface area contributed by atoms with Crippen LogP contribution < -0.4 is 17.7 Å². The number of hydrogen-bond acceptors (Lipinski definition) is 4. The van der Waals surface area contributed by atoms with Crippen molar-refractivity contribution in [3.05, 3.63) is 35.9 Å². The van der Waals surface area contributed by atoms with Crippen LogP contribution in [0, 0.1) is 11.8 Å². The van der Waals surface area contributed by atoms with E-state index < -0.39 is 0 Å². The molecule has 0 fully saturated rings. The van der Waals surface area contributed by atoms with E-state index in [0.717, 1.165) is 29.6 Å². The van der Waals surface area contributed by atoms with E-state index in [1.165, 1.54) is 0 Å². The van der Waals surface area contributed by atoms with E-state index in [1.807, 2.05) is 37.4 Å². The Bertz CT molecular complexity index is 561. The van der Waals surface area contributed by atoms with Crippen LogP contribution in [-0.4, -0.2) is 39.0 Å². The number of nitrogens with two attached hydrogens (primary N) is 1. The summed E-state index contributed by atoms with van der Waals surface area (Å²) in [5, 5.41) is 14.3. The SMILES string of the molecule is Cn1nnnc1SCC[NH2+]CC#Cc1ccccc1.[Cl-]. The molecule has 20 heavy (non-hydrogen) atoms. The lowest BCUT2D eigenvalue weighted by molar-refractivity contribution is -0.639. The molecule has 1 aromatic heterocycles. The van der Waals surface area contributed by atoms with Gasteiger partial charge in [0.15, 0.2) is 0 Å². The topological polar surface area (TPSA) is 60.2 Å². The van der Waals surface area contributed by atoms with Gasteiger partial charge >= 0.3 is 0 Å². The van der Waals surface area contributed by atoms with E-state index in [4.69, 9.17) is 0 Å². The third kappa shape index (κ3) is 5.61. The zero-order valence-electron chi connectivity index (χ0n) is 11.2. The monoisotopic (exact) mass is 309 g/mol. The van der Waals surface area contributed by atoms with Crippen molar-refractivity contribution in [2.45, 2.75) is 5.16 Å². The van der Waals surface area contributed by atoms with Crippen molar-refractivity contribution in [1.29, 1.82) is 0 Å². The molecule has 0 radical (unpaired) electrons. The Morgan fingerprint density at radius 2 is 2.10 bits per heavy atom. The standard InChI is InChI=1S/C13H15N5S.ClH/c1-18-13(15-16-17-18)19-11-10-14-9-5-8-12-6-3-2-4-7-12;/h2-4,6-7,14H,9-11H2,1H3;1H. The molecule has 2 N–H and O–H groups in total. The van der Waals surface area contributed by atoms with Gasteiger partial charge in [0.1, 0.15) is 6.54 Å². The van der Waals surface area contributed by atoms with E-state index in [-0.39, 0.29) is 12.4 Å². The molecule has 0 aliphatic heterocycles. The number of aryl methyl sites for hydroxylation is 1. The zero-order chi connectivity index (χ0) is 13.3. The van der Waals surface area contributed by atoms with E-state index in [0.29, 0.717) is 0 Å². The molecule has 0 spiro atoms. The number of tetrazole rings is 1. The van der Waals surface area contributed by atoms with Gasteiger partial charge in [0, 0.05) is 12.6 Å². The van der Waals surface area contributed by atoms with Crippen LogP contribution in [0.25, 0.3) is 0 Å². The molecule has 0 aliphatic rings. The number of halogens is 1. The van der Waals surface area contributed by atoms with Gasteiger partial charge in [0.2, 0.25) is 5.16 Å². The number of aromatic nitrogens is 4. The van der Waals surface area contributed by atoms with Gasteiger partial charge in [-0.2, -0.15) is 0 Å². The van der Waals surface area contributed by atoms with E-state index in [1.54, 1.807) is 16.4 Å². The van der Waals surface area contributed by atoms with Gasteiger partial charge in [0.05, 0.1) is 12.3 Å². The average Bonchev–Trinajstić information content (AvgIpc) is 2.84. The average molecular weight is 310 g/mol. The lowest BCUT2D eigenvalue weighted by atomic mass is 10.2. The van der Waals surface area contributed by atoms with Crippen LogP contribution in [-0.2, 0) is 7.05 Å². The minimum atomic E-state index is 0. The second-order valence-corrected chi connectivity index (χ2v) is 4.94. The summed E-state index contributed by atoms with van der Waals surface area (Å²) in [4.78, 5) is 0. The first-order valence-electron chi connectivity index (χ1n) is 6.07. The van der Waals surface area contributed by atoms with E-state index >= 15 is 0 Å². The summed E-state index contributed by atoms with van der Waals surface area (Å²) in [5.41, 5.74) is 1.07. The number of nitrogens with zero attached hydrogens (tertiary/aromatic N) is 4. The Labute approximate surface area is 128 Å². The van der Waals surface area contributed by atoms with E-state index in [9.17, 15) is 0 Å². The summed E-state index contributed by atoms with van der Waals surface area (Å²) < 4.78 is 1.68. The van der Waals surface area contributed by atoms with Crippen LogP contribution in [0.2, 0.25) is 0 Å². The highest BCUT2D eigenvalue weighted by molar-refractivity contribution is 7.99. The third-order valence-corrected chi connectivity index (χ3v) is 3.43. The Balaban J connectivity index is 0.00000200. The van der Waals surface area contributed by atoms with E-state index in [2.05, 4.69) is 32.7 Å². The summed E-state index contributed by atoms with van der Waals surface area (Å²) in [5.74, 6) is 7.25. The Morgan fingerprint density at radius 3 is 2.80 bits per heavy atom. The van der Waals surface area contributed by atoms with Crippen molar-refractivity contribution in [2.75, 3.05) is 18.8 Å². The molecule has 1 heterocycles. The molecule has 0 unspecified atom stereocenters. The molecular formula is C13H16ClN5S. The normalized spacial score (nSPS) is 9.45. The van der Waals surface area contributed by atoms with Crippen LogP contribution in [0.5, 0.6) is 0 Å². The summed E-state index contributed by atoms with van der Waals surface area (Å²) in [6.07, 6.45) is 0. The molecule has 0 amide bonds. The number of rotatable bonds is 5. The van der Waals surface area contributed by atoms with Crippen LogP contribution >= 0.6 is 11.8 Å². The minimum Gasteiger partial charge on any atom is -1.00 e. The lowest BCUT2D eigenvalue weighted by Gasteiger charge is -1.97. The number of benzene rings is 1. The van der Waals surface area contributed by atoms with Crippen molar-refractivity contribution >= 4 is 11.8 Å². The fourth-order valence-corrected chi connectivity index (χ4v) is 2.21. The molecule has 7 heteroatoms. The van der Waals surface area contributed by atoms with Crippen molar-refractivity contribution in [1.82, 2.24) is 20.2 Å². The van der Waals surface area contributed by atoms with Gasteiger partial charge in [-0.25, -0.2) is 4.68 Å². The summed E-state index contributed by atoms with van der Waals surface area (Å²) in [6.45, 7) is 1.81. The van der Waals surface area contributed by atoms with Gasteiger partial charge in [-0.3, -0.25) is 0 Å². The second kappa shape index (κ2) is 9.37. The molecular weight excluding hydrogens is 294 g/mol. The van der Waals surface area contributed by atoms with Gasteiger partial charge in [-0.05, 0) is 28.5 Å². The highest BCUT2D eigenvalue weighted by Crippen LogP contribution is 2.09. The molecule has 0 atom stereocenters. The van der Waals surface area contributed by atoms with Crippen molar-refractivity contribution in [3.63, 3.8) is 0 Å². The van der Waals surface area contributed by atoms with Crippen LogP contribution in [0.15, 0.2) is 35.5 Å². The first-order valence-corrected chi connectivity index (χ1v) is 7.05. The largest absolute Gasteiger partial charge is 1.00 e. The van der Waals surface area contributed by atoms with Crippen molar-refractivity contribution < 1.29 is 17.7 Å². The fourth-order valence-electron chi connectivity index (χ4n) is 1.43. The molecule has 5 nitrogen and oxygen atoms in total. The molecule has 106 valence electrons. The first-order chi connectivity index (χ1) is 9.36. The maximum atomic E-state index is 3.91. The summed E-state index contributed by atoms with van der Waals surface area (Å²) >= 11 is 1.66. The van der Waals surface area contributed by atoms with Crippen molar-refractivity contribution in [2.24, 2.45) is 7.05 Å². The Hall–Kier alpha value is -1.55. The first kappa shape index (κ1) is 16.5. The predicted molar refractivity (Wildman–Crippen MR) is 74.5 cm³/mol. The smallest absolute Gasteiger partial charge is 0.209 e. The third-order valence-electron chi connectivity index (χ3n) is 2.39. The molecule has 0 bridgehead atoms. The Kier molecular flexibility index (Phi) is 7.73. The van der Waals surface area contributed by atoms with Crippen LogP contribution in [0.1, 0.15) is 5.56 Å². The molecule has 0 saturated heterocycles. The van der Waals surface area contributed by atoms with Crippen LogP contribution in [0.3, 0.4) is 0 Å². The second-order valence-electron chi connectivity index (χ2n) is 3.88. The zero-order valence-corrected chi connectivity index (χ0v) is 12.7. The maximum Gasteiger partial charge on any atom is 0.209 e. The maximum absolute atomic E-state index is 3.91. The highest BCUT2D eigenvalue weighted by Gasteiger charge is 2.01. The predicted octanol–water partition coefficient (Wildman–Crippen LogP) is -3.08. The molecule has 0 aliphatic carbocycles. The quantitative estimate of drug-likeness (QED) is 0.362. The van der Waals surface area contributed by atoms with Gasteiger partial charge in [-0.15, -0.1) is 5.10 Å². The van der Waals surface area contributed by atoms with Gasteiger partial charge in [-0.1, -0.05) is 35.9 Å². The molecule has 2 aromatic rings. The summed E-state index contributed by atoms with van der Waals surface area (Å²) in [6, 6.07) is 10.0. The Morgan fingerprint density at radius 1 is 1.30 bits per heavy atom. The summed E-state index contributed by atoms with van der Waals surface area (Å²) in [7, 11) is 1.84. The molecule has 2 rings (SSSR count). The highest BCUT2D eigenvalue weighted by atomic mass is 35.5. The van der Waals surface area contributed by atoms with Gasteiger partial charge < -0.3 is 17.7 Å².